The largest absolute Gasteiger partial charge is 0.228 e. The molecule has 2 heteroatoms. The zero-order chi connectivity index (χ0) is 38.1. The van der Waals surface area contributed by atoms with Crippen molar-refractivity contribution in [2.24, 2.45) is 0 Å². The van der Waals surface area contributed by atoms with Crippen LogP contribution in [0.25, 0.3) is 78.4 Å². The molecule has 0 amide bonds. The van der Waals surface area contributed by atoms with Crippen LogP contribution in [-0.4, -0.2) is 9.97 Å². The van der Waals surface area contributed by atoms with Crippen molar-refractivity contribution in [3.05, 3.63) is 228 Å². The fourth-order valence-corrected chi connectivity index (χ4v) is 9.31. The highest BCUT2D eigenvalue weighted by atomic mass is 14.9. The summed E-state index contributed by atoms with van der Waals surface area (Å²) in [6.07, 6.45) is 0. The smallest absolute Gasteiger partial charge is 0.160 e. The van der Waals surface area contributed by atoms with E-state index in [-0.39, 0.29) is 0 Å². The predicted octanol–water partition coefficient (Wildman–Crippen LogP) is 13.8. The predicted molar refractivity (Wildman–Crippen MR) is 235 cm³/mol. The maximum absolute atomic E-state index is 5.30. The molecule has 11 rings (SSSR count). The van der Waals surface area contributed by atoms with E-state index in [1.165, 1.54) is 61.2 Å². The van der Waals surface area contributed by atoms with E-state index in [0.29, 0.717) is 5.82 Å². The summed E-state index contributed by atoms with van der Waals surface area (Å²) in [7, 11) is 0. The Morgan fingerprint density at radius 1 is 0.298 bits per heavy atom. The summed E-state index contributed by atoms with van der Waals surface area (Å²) >= 11 is 0. The lowest BCUT2D eigenvalue weighted by Crippen LogP contribution is -2.25. The molecule has 0 bridgehead atoms. The Morgan fingerprint density at radius 3 is 1.32 bits per heavy atom. The topological polar surface area (TPSA) is 25.8 Å². The number of hydrogen-bond acceptors (Lipinski definition) is 2. The van der Waals surface area contributed by atoms with Crippen LogP contribution in [0, 0.1) is 13.8 Å². The number of aromatic nitrogens is 2. The molecule has 1 heterocycles. The fourth-order valence-electron chi connectivity index (χ4n) is 9.31. The highest BCUT2D eigenvalue weighted by Gasteiger charge is 2.51. The lowest BCUT2D eigenvalue weighted by atomic mass is 9.70. The normalized spacial score (nSPS) is 12.9. The molecule has 8 aromatic carbocycles. The van der Waals surface area contributed by atoms with Gasteiger partial charge in [0.2, 0.25) is 0 Å². The van der Waals surface area contributed by atoms with Crippen LogP contribution in [0.15, 0.2) is 194 Å². The van der Waals surface area contributed by atoms with E-state index in [9.17, 15) is 0 Å². The molecule has 0 fully saturated rings. The molecule has 268 valence electrons. The van der Waals surface area contributed by atoms with Gasteiger partial charge in [0, 0.05) is 16.7 Å². The minimum atomic E-state index is -0.409. The second kappa shape index (κ2) is 13.0. The molecule has 0 atom stereocenters. The standard InChI is InChI=1S/C55H38N2/c1-35-20-24-38(25-21-35)52-34-53(57-54(56-52)39-26-22-36(2)23-27-39)43-31-41(37-12-4-3-5-13-37)30-42(32-43)40-28-29-47-46-16-8-11-19-50(46)55(51(47)33-40)48-17-9-6-14-44(48)45-15-7-10-18-49(45)55/h3-34H,1-2H3. The van der Waals surface area contributed by atoms with Gasteiger partial charge in [0.25, 0.3) is 0 Å². The maximum atomic E-state index is 5.30. The second-order valence-electron chi connectivity index (χ2n) is 15.5. The van der Waals surface area contributed by atoms with Crippen molar-refractivity contribution in [2.45, 2.75) is 19.3 Å². The monoisotopic (exact) mass is 726 g/mol. The second-order valence-corrected chi connectivity index (χ2v) is 15.5. The summed E-state index contributed by atoms with van der Waals surface area (Å²) in [4.78, 5) is 10.4. The van der Waals surface area contributed by atoms with Crippen molar-refractivity contribution in [1.29, 1.82) is 0 Å². The number of rotatable bonds is 5. The molecule has 2 aliphatic carbocycles. The van der Waals surface area contributed by atoms with Gasteiger partial charge in [0.1, 0.15) is 0 Å². The van der Waals surface area contributed by atoms with E-state index in [2.05, 4.69) is 208 Å². The summed E-state index contributed by atoms with van der Waals surface area (Å²) < 4.78 is 0. The van der Waals surface area contributed by atoms with E-state index < -0.39 is 5.41 Å². The first-order valence-electron chi connectivity index (χ1n) is 19.7. The average molecular weight is 727 g/mol. The quantitative estimate of drug-likeness (QED) is 0.176. The van der Waals surface area contributed by atoms with E-state index in [1.54, 1.807) is 0 Å². The molecule has 0 N–H and O–H groups in total. The van der Waals surface area contributed by atoms with Crippen LogP contribution in [0.3, 0.4) is 0 Å². The molecular weight excluding hydrogens is 689 g/mol. The SMILES string of the molecule is Cc1ccc(-c2cc(-c3cc(-c4ccccc4)cc(-c4ccc5c(c4)C4(c6ccccc6-c6ccccc64)c4ccccc4-5)c3)nc(-c3ccc(C)cc3)n2)cc1. The summed E-state index contributed by atoms with van der Waals surface area (Å²) in [6, 6.07) is 71.1. The first-order valence-corrected chi connectivity index (χ1v) is 19.7. The Bertz CT molecular complexity index is 2880. The molecule has 1 aromatic heterocycles. The van der Waals surface area contributed by atoms with Crippen molar-refractivity contribution in [1.82, 2.24) is 9.97 Å². The van der Waals surface area contributed by atoms with E-state index in [0.717, 1.165) is 44.8 Å². The molecule has 0 saturated heterocycles. The molecule has 1 spiro atoms. The number of hydrogen-bond donors (Lipinski definition) is 0. The fraction of sp³-hybridized carbons (Fsp3) is 0.0545. The molecule has 2 nitrogen and oxygen atoms in total. The molecule has 57 heavy (non-hydrogen) atoms. The number of benzene rings is 8. The van der Waals surface area contributed by atoms with Crippen molar-refractivity contribution < 1.29 is 0 Å². The molecule has 9 aromatic rings. The molecular formula is C55H38N2. The Morgan fingerprint density at radius 2 is 0.737 bits per heavy atom. The third-order valence-electron chi connectivity index (χ3n) is 12.0. The highest BCUT2D eigenvalue weighted by molar-refractivity contribution is 5.96. The lowest BCUT2D eigenvalue weighted by Gasteiger charge is -2.30. The summed E-state index contributed by atoms with van der Waals surface area (Å²) in [5.41, 5.74) is 22.1. The van der Waals surface area contributed by atoms with Gasteiger partial charge in [-0.25, -0.2) is 9.97 Å². The number of fused-ring (bicyclic) bond motifs is 10. The maximum Gasteiger partial charge on any atom is 0.160 e. The summed E-state index contributed by atoms with van der Waals surface area (Å²) in [5.74, 6) is 0.713. The Labute approximate surface area is 333 Å². The molecule has 0 aliphatic heterocycles. The molecule has 0 unspecified atom stereocenters. The minimum Gasteiger partial charge on any atom is -0.228 e. The number of nitrogens with zero attached hydrogens (tertiary/aromatic N) is 2. The Hall–Kier alpha value is -7.16. The van der Waals surface area contributed by atoms with Gasteiger partial charge in [-0.2, -0.15) is 0 Å². The lowest BCUT2D eigenvalue weighted by molar-refractivity contribution is 0.794. The summed E-state index contributed by atoms with van der Waals surface area (Å²) in [5, 5.41) is 0. The van der Waals surface area contributed by atoms with Gasteiger partial charge in [-0.05, 0) is 111 Å². The number of aryl methyl sites for hydroxylation is 2. The van der Waals surface area contributed by atoms with Crippen LogP contribution in [0.5, 0.6) is 0 Å². The van der Waals surface area contributed by atoms with Crippen molar-refractivity contribution >= 4 is 0 Å². The van der Waals surface area contributed by atoms with Gasteiger partial charge < -0.3 is 0 Å². The van der Waals surface area contributed by atoms with Crippen molar-refractivity contribution in [3.63, 3.8) is 0 Å². The van der Waals surface area contributed by atoms with Crippen molar-refractivity contribution in [2.75, 3.05) is 0 Å². The first kappa shape index (κ1) is 33.2. The molecule has 0 saturated carbocycles. The van der Waals surface area contributed by atoms with Crippen molar-refractivity contribution in [3.8, 4) is 78.4 Å². The van der Waals surface area contributed by atoms with Crippen LogP contribution < -0.4 is 0 Å². The van der Waals surface area contributed by atoms with Gasteiger partial charge >= 0.3 is 0 Å². The van der Waals surface area contributed by atoms with E-state index >= 15 is 0 Å². The Balaban J connectivity index is 1.15. The summed E-state index contributed by atoms with van der Waals surface area (Å²) in [6.45, 7) is 4.23. The third-order valence-corrected chi connectivity index (χ3v) is 12.0. The van der Waals surface area contributed by atoms with E-state index in [1.807, 2.05) is 0 Å². The van der Waals surface area contributed by atoms with Crippen LogP contribution >= 0.6 is 0 Å². The van der Waals surface area contributed by atoms with Gasteiger partial charge in [-0.15, -0.1) is 0 Å². The molecule has 0 radical (unpaired) electrons. The van der Waals surface area contributed by atoms with Gasteiger partial charge in [0.05, 0.1) is 16.8 Å². The van der Waals surface area contributed by atoms with Crippen LogP contribution in [-0.2, 0) is 5.41 Å². The van der Waals surface area contributed by atoms with Gasteiger partial charge in [-0.3, -0.25) is 0 Å². The zero-order valence-electron chi connectivity index (χ0n) is 31.9. The van der Waals surface area contributed by atoms with E-state index in [4.69, 9.17) is 9.97 Å². The molecule has 2 aliphatic rings. The first-order chi connectivity index (χ1) is 28.0. The van der Waals surface area contributed by atoms with Gasteiger partial charge in [0.15, 0.2) is 5.82 Å². The highest BCUT2D eigenvalue weighted by Crippen LogP contribution is 2.63. The Kier molecular flexibility index (Phi) is 7.55. The van der Waals surface area contributed by atoms with Gasteiger partial charge in [-0.1, -0.05) is 175 Å². The van der Waals surface area contributed by atoms with Crippen LogP contribution in [0.4, 0.5) is 0 Å². The zero-order valence-corrected chi connectivity index (χ0v) is 31.9. The van der Waals surface area contributed by atoms with Crippen LogP contribution in [0.2, 0.25) is 0 Å². The average Bonchev–Trinajstić information content (AvgIpc) is 3.74. The third kappa shape index (κ3) is 5.25. The van der Waals surface area contributed by atoms with Crippen LogP contribution in [0.1, 0.15) is 33.4 Å². The minimum absolute atomic E-state index is 0.409.